The van der Waals surface area contributed by atoms with Crippen LogP contribution in [0.4, 0.5) is 0 Å². The second-order valence-corrected chi connectivity index (χ2v) is 5.52. The highest BCUT2D eigenvalue weighted by Gasteiger charge is 2.22. The van der Waals surface area contributed by atoms with E-state index in [0.717, 1.165) is 43.6 Å². The number of hydrogen-bond donors (Lipinski definition) is 0. The van der Waals surface area contributed by atoms with Crippen molar-refractivity contribution in [2.45, 2.75) is 46.0 Å². The van der Waals surface area contributed by atoms with Gasteiger partial charge < -0.3 is 4.90 Å². The van der Waals surface area contributed by atoms with Gasteiger partial charge in [0.15, 0.2) is 0 Å². The van der Waals surface area contributed by atoms with Gasteiger partial charge in [0.25, 0.3) is 0 Å². The molecule has 2 unspecified atom stereocenters. The van der Waals surface area contributed by atoms with E-state index in [1.165, 1.54) is 12.8 Å². The van der Waals surface area contributed by atoms with Crippen LogP contribution in [-0.2, 0) is 4.79 Å². The second-order valence-electron chi connectivity index (χ2n) is 4.87. The quantitative estimate of drug-likeness (QED) is 0.710. The molecule has 0 aromatic heterocycles. The Morgan fingerprint density at radius 2 is 2.19 bits per heavy atom. The first kappa shape index (κ1) is 14.0. The highest BCUT2D eigenvalue weighted by Crippen LogP contribution is 2.22. The number of halogens is 1. The fraction of sp³-hybridized carbons (Fsp3) is 0.923. The molecule has 0 bridgehead atoms. The van der Waals surface area contributed by atoms with E-state index >= 15 is 0 Å². The van der Waals surface area contributed by atoms with Gasteiger partial charge in [0, 0.05) is 24.8 Å². The molecule has 1 heterocycles. The molecular weight excluding hydrogens is 266 g/mol. The molecule has 2 atom stereocenters. The number of amides is 1. The van der Waals surface area contributed by atoms with Gasteiger partial charge in [-0.25, -0.2) is 0 Å². The van der Waals surface area contributed by atoms with E-state index in [2.05, 4.69) is 34.7 Å². The molecule has 1 saturated heterocycles. The summed E-state index contributed by atoms with van der Waals surface area (Å²) in [5.41, 5.74) is 0. The van der Waals surface area contributed by atoms with Crippen molar-refractivity contribution in [1.82, 2.24) is 4.90 Å². The van der Waals surface area contributed by atoms with Gasteiger partial charge in [0.05, 0.1) is 0 Å². The van der Waals surface area contributed by atoms with Crippen LogP contribution in [0, 0.1) is 11.8 Å². The molecule has 1 aliphatic rings. The molecule has 0 aromatic carbocycles. The van der Waals surface area contributed by atoms with Crippen molar-refractivity contribution in [3.8, 4) is 0 Å². The second kappa shape index (κ2) is 7.31. The van der Waals surface area contributed by atoms with Crippen LogP contribution < -0.4 is 0 Å². The van der Waals surface area contributed by atoms with E-state index in [1.807, 2.05) is 0 Å². The Morgan fingerprint density at radius 1 is 1.44 bits per heavy atom. The number of rotatable bonds is 5. The van der Waals surface area contributed by atoms with Crippen molar-refractivity contribution in [2.75, 3.05) is 18.4 Å². The summed E-state index contributed by atoms with van der Waals surface area (Å²) in [5.74, 6) is 1.75. The fourth-order valence-corrected chi connectivity index (χ4v) is 2.96. The number of carbonyl (C=O) groups excluding carboxylic acids is 1. The van der Waals surface area contributed by atoms with E-state index in [1.54, 1.807) is 0 Å². The molecule has 0 N–H and O–H groups in total. The zero-order valence-corrected chi connectivity index (χ0v) is 12.1. The van der Waals surface area contributed by atoms with Gasteiger partial charge in [-0.3, -0.25) is 4.79 Å². The lowest BCUT2D eigenvalue weighted by molar-refractivity contribution is -0.131. The minimum Gasteiger partial charge on any atom is -0.342 e. The summed E-state index contributed by atoms with van der Waals surface area (Å²) in [5, 5.41) is 1.00. The van der Waals surface area contributed by atoms with Gasteiger partial charge in [0.1, 0.15) is 0 Å². The highest BCUT2D eigenvalue weighted by atomic mass is 79.9. The van der Waals surface area contributed by atoms with Crippen molar-refractivity contribution in [1.29, 1.82) is 0 Å². The van der Waals surface area contributed by atoms with Crippen molar-refractivity contribution < 1.29 is 4.79 Å². The molecule has 1 rings (SSSR count). The predicted molar refractivity (Wildman–Crippen MR) is 71.8 cm³/mol. The third-order valence-electron chi connectivity index (χ3n) is 3.78. The molecule has 94 valence electrons. The maximum absolute atomic E-state index is 12.0. The van der Waals surface area contributed by atoms with Crippen molar-refractivity contribution >= 4 is 21.8 Å². The number of hydrogen-bond acceptors (Lipinski definition) is 1. The summed E-state index contributed by atoms with van der Waals surface area (Å²) < 4.78 is 0. The zero-order chi connectivity index (χ0) is 12.0. The Balaban J connectivity index is 2.48. The first-order valence-corrected chi connectivity index (χ1v) is 7.67. The van der Waals surface area contributed by atoms with Crippen molar-refractivity contribution in [3.63, 3.8) is 0 Å². The van der Waals surface area contributed by atoms with Crippen LogP contribution in [0.2, 0.25) is 0 Å². The van der Waals surface area contributed by atoms with Gasteiger partial charge >= 0.3 is 0 Å². The molecule has 0 aromatic rings. The molecule has 0 spiro atoms. The van der Waals surface area contributed by atoms with Crippen LogP contribution >= 0.6 is 15.9 Å². The van der Waals surface area contributed by atoms with E-state index in [4.69, 9.17) is 0 Å². The van der Waals surface area contributed by atoms with Gasteiger partial charge in [-0.05, 0) is 24.7 Å². The Hall–Kier alpha value is -0.0500. The first-order chi connectivity index (χ1) is 7.71. The predicted octanol–water partition coefficient (Wildman–Crippen LogP) is 3.45. The highest BCUT2D eigenvalue weighted by molar-refractivity contribution is 9.09. The Labute approximate surface area is 108 Å². The first-order valence-electron chi connectivity index (χ1n) is 6.54. The molecule has 0 saturated carbocycles. The average molecular weight is 290 g/mol. The number of carbonyl (C=O) groups is 1. The van der Waals surface area contributed by atoms with Crippen LogP contribution in [0.1, 0.15) is 46.0 Å². The summed E-state index contributed by atoms with van der Waals surface area (Å²) in [4.78, 5) is 14.0. The van der Waals surface area contributed by atoms with E-state index in [0.29, 0.717) is 11.8 Å². The fourth-order valence-electron chi connectivity index (χ4n) is 2.29. The molecular formula is C13H24BrNO. The van der Waals surface area contributed by atoms with Crippen LogP contribution in [0.25, 0.3) is 0 Å². The molecule has 3 heteroatoms. The third kappa shape index (κ3) is 4.08. The smallest absolute Gasteiger partial charge is 0.222 e. The summed E-state index contributed by atoms with van der Waals surface area (Å²) in [6.45, 7) is 6.35. The number of likely N-dealkylation sites (tertiary alicyclic amines) is 1. The van der Waals surface area contributed by atoms with E-state index in [9.17, 15) is 4.79 Å². The van der Waals surface area contributed by atoms with Crippen LogP contribution in [0.15, 0.2) is 0 Å². The van der Waals surface area contributed by atoms with Crippen LogP contribution in [-0.4, -0.2) is 29.2 Å². The Morgan fingerprint density at radius 3 is 2.75 bits per heavy atom. The van der Waals surface area contributed by atoms with Gasteiger partial charge in [0.2, 0.25) is 5.91 Å². The van der Waals surface area contributed by atoms with Crippen molar-refractivity contribution in [2.24, 2.45) is 11.8 Å². The van der Waals surface area contributed by atoms with E-state index < -0.39 is 0 Å². The van der Waals surface area contributed by atoms with E-state index in [-0.39, 0.29) is 0 Å². The van der Waals surface area contributed by atoms with Crippen LogP contribution in [0.3, 0.4) is 0 Å². The minimum absolute atomic E-state index is 0.371. The van der Waals surface area contributed by atoms with Gasteiger partial charge in [-0.1, -0.05) is 42.6 Å². The lowest BCUT2D eigenvalue weighted by Gasteiger charge is -2.25. The maximum Gasteiger partial charge on any atom is 0.222 e. The minimum atomic E-state index is 0.371. The van der Waals surface area contributed by atoms with Crippen LogP contribution in [0.5, 0.6) is 0 Å². The normalized spacial score (nSPS) is 24.3. The number of nitrogens with zero attached hydrogens (tertiary/aromatic N) is 1. The standard InChI is InChI=1S/C13H24BrNO/c1-3-11-5-6-13(16)15(8-7-11)10-12(4-2)9-14/h11-12H,3-10H2,1-2H3. The lowest BCUT2D eigenvalue weighted by Crippen LogP contribution is -2.35. The summed E-state index contributed by atoms with van der Waals surface area (Å²) >= 11 is 3.53. The summed E-state index contributed by atoms with van der Waals surface area (Å²) in [7, 11) is 0. The lowest BCUT2D eigenvalue weighted by atomic mass is 9.98. The SMILES string of the molecule is CCC1CCC(=O)N(CC(CC)CBr)CC1. The largest absolute Gasteiger partial charge is 0.342 e. The molecule has 0 radical (unpaired) electrons. The topological polar surface area (TPSA) is 20.3 Å². The Kier molecular flexibility index (Phi) is 6.40. The molecule has 1 amide bonds. The van der Waals surface area contributed by atoms with Gasteiger partial charge in [-0.2, -0.15) is 0 Å². The van der Waals surface area contributed by atoms with Crippen molar-refractivity contribution in [3.05, 3.63) is 0 Å². The molecule has 0 aliphatic carbocycles. The Bertz CT molecular complexity index is 216. The maximum atomic E-state index is 12.0. The summed E-state index contributed by atoms with van der Waals surface area (Å²) in [6, 6.07) is 0. The summed E-state index contributed by atoms with van der Waals surface area (Å²) in [6.07, 6.45) is 5.41. The van der Waals surface area contributed by atoms with Gasteiger partial charge in [-0.15, -0.1) is 0 Å². The molecule has 16 heavy (non-hydrogen) atoms. The average Bonchev–Trinajstić information content (AvgIpc) is 2.49. The molecule has 1 aliphatic heterocycles. The zero-order valence-electron chi connectivity index (χ0n) is 10.5. The molecule has 1 fully saturated rings. The third-order valence-corrected chi connectivity index (χ3v) is 4.69. The number of alkyl halides is 1. The molecule has 2 nitrogen and oxygen atoms in total. The monoisotopic (exact) mass is 289 g/mol.